The molecule has 0 spiro atoms. The molecule has 0 amide bonds. The maximum atomic E-state index is 10.1. The number of hydrogen-bond acceptors (Lipinski definition) is 4. The smallest absolute Gasteiger partial charge is 0.157 e. The van der Waals surface area contributed by atoms with Crippen LogP contribution < -0.4 is 0 Å². The molecule has 0 fully saturated rings. The van der Waals surface area contributed by atoms with Gasteiger partial charge in [-0.1, -0.05) is 12.1 Å². The largest absolute Gasteiger partial charge is 0.380 e. The molecule has 1 aromatic carbocycles. The number of rotatable bonds is 2. The van der Waals surface area contributed by atoms with Gasteiger partial charge >= 0.3 is 0 Å². The van der Waals surface area contributed by atoms with E-state index in [9.17, 15) is 5.11 Å². The van der Waals surface area contributed by atoms with Gasteiger partial charge in [-0.25, -0.2) is 4.98 Å². The molecule has 3 aromatic rings. The lowest BCUT2D eigenvalue weighted by atomic mass is 10.1. The summed E-state index contributed by atoms with van der Waals surface area (Å²) in [5, 5.41) is 17.5. The molecule has 2 heterocycles. The van der Waals surface area contributed by atoms with Crippen molar-refractivity contribution in [3.05, 3.63) is 54.2 Å². The molecule has 84 valence electrons. The Balaban J connectivity index is 2.06. The normalized spacial score (nSPS) is 12.8. The number of fused-ring (bicyclic) bond motifs is 1. The molecular formula is C12H10N4O. The van der Waals surface area contributed by atoms with Crippen LogP contribution in [0.5, 0.6) is 0 Å². The van der Waals surface area contributed by atoms with Gasteiger partial charge in [-0.2, -0.15) is 5.10 Å². The first kappa shape index (κ1) is 9.92. The van der Waals surface area contributed by atoms with Crippen molar-refractivity contribution < 1.29 is 5.11 Å². The Morgan fingerprint density at radius 2 is 2.12 bits per heavy atom. The highest BCUT2D eigenvalue weighted by Gasteiger charge is 2.13. The van der Waals surface area contributed by atoms with Crippen molar-refractivity contribution in [1.82, 2.24) is 20.2 Å². The lowest BCUT2D eigenvalue weighted by Crippen LogP contribution is -2.02. The fourth-order valence-electron chi connectivity index (χ4n) is 1.77. The average molecular weight is 226 g/mol. The second-order valence-electron chi connectivity index (χ2n) is 3.73. The third-order valence-electron chi connectivity index (χ3n) is 2.64. The lowest BCUT2D eigenvalue weighted by molar-refractivity contribution is 0.210. The number of aliphatic hydroxyl groups excluding tert-OH is 1. The molecule has 5 nitrogen and oxygen atoms in total. The zero-order chi connectivity index (χ0) is 11.7. The van der Waals surface area contributed by atoms with Crippen LogP contribution >= 0.6 is 0 Å². The Labute approximate surface area is 97.2 Å². The summed E-state index contributed by atoms with van der Waals surface area (Å²) in [4.78, 5) is 8.17. The van der Waals surface area contributed by atoms with E-state index in [0.29, 0.717) is 5.82 Å². The molecule has 1 unspecified atom stereocenters. The molecule has 0 aliphatic rings. The second-order valence-corrected chi connectivity index (χ2v) is 3.73. The predicted octanol–water partition coefficient (Wildman–Crippen LogP) is 1.43. The van der Waals surface area contributed by atoms with Gasteiger partial charge in [0.2, 0.25) is 0 Å². The molecule has 0 aliphatic carbocycles. The molecule has 5 heteroatoms. The van der Waals surface area contributed by atoms with Crippen LogP contribution in [0.1, 0.15) is 17.5 Å². The first-order chi connectivity index (χ1) is 8.34. The van der Waals surface area contributed by atoms with Gasteiger partial charge in [-0.05, 0) is 23.8 Å². The van der Waals surface area contributed by atoms with Gasteiger partial charge in [0.25, 0.3) is 0 Å². The Morgan fingerprint density at radius 3 is 2.94 bits per heavy atom. The van der Waals surface area contributed by atoms with Gasteiger partial charge in [0.1, 0.15) is 12.4 Å². The van der Waals surface area contributed by atoms with Gasteiger partial charge in [-0.15, -0.1) is 0 Å². The topological polar surface area (TPSA) is 74.7 Å². The van der Waals surface area contributed by atoms with E-state index in [1.807, 2.05) is 30.3 Å². The van der Waals surface area contributed by atoms with Crippen LogP contribution in [0.4, 0.5) is 0 Å². The van der Waals surface area contributed by atoms with Gasteiger partial charge in [0.05, 0.1) is 5.52 Å². The van der Waals surface area contributed by atoms with Crippen molar-refractivity contribution in [2.45, 2.75) is 6.10 Å². The van der Waals surface area contributed by atoms with E-state index < -0.39 is 6.10 Å². The average Bonchev–Trinajstić information content (AvgIpc) is 2.91. The highest BCUT2D eigenvalue weighted by atomic mass is 16.3. The summed E-state index contributed by atoms with van der Waals surface area (Å²) < 4.78 is 0. The van der Waals surface area contributed by atoms with Crippen LogP contribution in [0.2, 0.25) is 0 Å². The number of nitrogens with zero attached hydrogens (tertiary/aromatic N) is 3. The van der Waals surface area contributed by atoms with E-state index in [0.717, 1.165) is 16.5 Å². The quantitative estimate of drug-likeness (QED) is 0.693. The summed E-state index contributed by atoms with van der Waals surface area (Å²) in [5.41, 5.74) is 1.67. The van der Waals surface area contributed by atoms with Crippen molar-refractivity contribution in [2.75, 3.05) is 0 Å². The molecular weight excluding hydrogens is 216 g/mol. The van der Waals surface area contributed by atoms with Crippen LogP contribution in [-0.4, -0.2) is 25.3 Å². The van der Waals surface area contributed by atoms with E-state index in [1.165, 1.54) is 6.33 Å². The van der Waals surface area contributed by atoms with Crippen molar-refractivity contribution in [1.29, 1.82) is 0 Å². The Kier molecular flexibility index (Phi) is 2.31. The molecule has 2 aromatic heterocycles. The van der Waals surface area contributed by atoms with Gasteiger partial charge in [0.15, 0.2) is 5.82 Å². The van der Waals surface area contributed by atoms with Crippen LogP contribution in [0.15, 0.2) is 42.9 Å². The summed E-state index contributed by atoms with van der Waals surface area (Å²) in [6, 6.07) is 9.44. The fourth-order valence-corrected chi connectivity index (χ4v) is 1.77. The minimum atomic E-state index is -0.790. The number of pyridine rings is 1. The van der Waals surface area contributed by atoms with Crippen molar-refractivity contribution in [3.63, 3.8) is 0 Å². The van der Waals surface area contributed by atoms with E-state index >= 15 is 0 Å². The summed E-state index contributed by atoms with van der Waals surface area (Å²) in [5.74, 6) is 0.438. The van der Waals surface area contributed by atoms with Gasteiger partial charge < -0.3 is 5.11 Å². The molecule has 3 rings (SSSR count). The van der Waals surface area contributed by atoms with Gasteiger partial charge in [-0.3, -0.25) is 10.1 Å². The van der Waals surface area contributed by atoms with Crippen LogP contribution in [0.3, 0.4) is 0 Å². The predicted molar refractivity (Wildman–Crippen MR) is 62.2 cm³/mol. The number of nitrogens with one attached hydrogen (secondary N) is 1. The maximum Gasteiger partial charge on any atom is 0.157 e. The number of H-pyrrole nitrogens is 1. The Hall–Kier alpha value is -2.27. The zero-order valence-electron chi connectivity index (χ0n) is 8.91. The minimum absolute atomic E-state index is 0.438. The minimum Gasteiger partial charge on any atom is -0.380 e. The summed E-state index contributed by atoms with van der Waals surface area (Å²) in [6.07, 6.45) is 2.33. The summed E-state index contributed by atoms with van der Waals surface area (Å²) in [6.45, 7) is 0. The third kappa shape index (κ3) is 1.76. The Morgan fingerprint density at radius 1 is 1.18 bits per heavy atom. The van der Waals surface area contributed by atoms with E-state index in [-0.39, 0.29) is 0 Å². The fraction of sp³-hybridized carbons (Fsp3) is 0.0833. The molecule has 2 N–H and O–H groups in total. The second kappa shape index (κ2) is 3.95. The number of hydrogen-bond donors (Lipinski definition) is 2. The van der Waals surface area contributed by atoms with Crippen LogP contribution in [0.25, 0.3) is 10.9 Å². The highest BCUT2D eigenvalue weighted by Crippen LogP contribution is 2.21. The molecule has 1 atom stereocenters. The van der Waals surface area contributed by atoms with Crippen molar-refractivity contribution >= 4 is 10.9 Å². The zero-order valence-corrected chi connectivity index (χ0v) is 8.91. The molecule has 17 heavy (non-hydrogen) atoms. The van der Waals surface area contributed by atoms with E-state index in [4.69, 9.17) is 0 Å². The molecule has 0 bridgehead atoms. The first-order valence-electron chi connectivity index (χ1n) is 5.22. The number of aromatic amines is 1. The molecule has 0 saturated carbocycles. The summed E-state index contributed by atoms with van der Waals surface area (Å²) >= 11 is 0. The number of benzene rings is 1. The Bertz CT molecular complexity index is 636. The van der Waals surface area contributed by atoms with Gasteiger partial charge in [0, 0.05) is 11.6 Å². The standard InChI is InChI=1S/C12H10N4O/c17-11(12-14-7-15-16-12)9-3-4-10-8(6-9)2-1-5-13-10/h1-7,11,17H,(H,14,15,16). The number of aliphatic hydroxyl groups is 1. The molecule has 0 saturated heterocycles. The molecule has 0 radical (unpaired) electrons. The van der Waals surface area contributed by atoms with Crippen molar-refractivity contribution in [3.8, 4) is 0 Å². The van der Waals surface area contributed by atoms with Crippen LogP contribution in [-0.2, 0) is 0 Å². The first-order valence-corrected chi connectivity index (χ1v) is 5.22. The number of aromatic nitrogens is 4. The maximum absolute atomic E-state index is 10.1. The van der Waals surface area contributed by atoms with E-state index in [1.54, 1.807) is 6.20 Å². The lowest BCUT2D eigenvalue weighted by Gasteiger charge is -2.08. The highest BCUT2D eigenvalue weighted by molar-refractivity contribution is 5.79. The third-order valence-corrected chi connectivity index (χ3v) is 2.64. The monoisotopic (exact) mass is 226 g/mol. The van der Waals surface area contributed by atoms with Crippen LogP contribution in [0, 0.1) is 0 Å². The SMILES string of the molecule is OC(c1ccc2ncccc2c1)c1ncn[nH]1. The van der Waals surface area contributed by atoms with E-state index in [2.05, 4.69) is 20.2 Å². The summed E-state index contributed by atoms with van der Waals surface area (Å²) in [7, 11) is 0. The molecule has 0 aliphatic heterocycles. The van der Waals surface area contributed by atoms with Crippen molar-refractivity contribution in [2.24, 2.45) is 0 Å².